The molecule has 1 N–H and O–H groups in total. The smallest absolute Gasteiger partial charge is 0.157 e. The Morgan fingerprint density at radius 2 is 0.889 bits per heavy atom. The van der Waals surface area contributed by atoms with Crippen molar-refractivity contribution >= 4 is 0 Å². The van der Waals surface area contributed by atoms with Crippen LogP contribution >= 0.6 is 0 Å². The Morgan fingerprint density at radius 1 is 0.533 bits per heavy atom. The molecule has 1 heterocycles. The van der Waals surface area contributed by atoms with Crippen LogP contribution in [0.1, 0.15) is 158 Å². The van der Waals surface area contributed by atoms with Crippen molar-refractivity contribution in [1.29, 1.82) is 0 Å². The van der Waals surface area contributed by atoms with Crippen molar-refractivity contribution in [2.45, 2.75) is 164 Å². The maximum atomic E-state index is 8.95. The highest BCUT2D eigenvalue weighted by molar-refractivity contribution is 5.09. The fourth-order valence-corrected chi connectivity index (χ4v) is 5.49. The van der Waals surface area contributed by atoms with E-state index >= 15 is 0 Å². The molecule has 0 bridgehead atoms. The summed E-state index contributed by atoms with van der Waals surface area (Å²) >= 11 is 0. The molecule has 0 radical (unpaired) electrons. The highest BCUT2D eigenvalue weighted by Crippen LogP contribution is 2.17. The van der Waals surface area contributed by atoms with Gasteiger partial charge in [-0.3, -0.25) is 0 Å². The SMILES string of the molecule is C/C(=C\CC/C(C)=C/CC/C(C)=C/CC/C(C)=C/COC1CCCCO1)CC/C=C(\C)CC/C=C(\C)CC/C=C(\C)CCCO. The summed E-state index contributed by atoms with van der Waals surface area (Å²) in [6.45, 7) is 17.6. The molecule has 0 aromatic heterocycles. The van der Waals surface area contributed by atoms with Crippen LogP contribution in [0.4, 0.5) is 0 Å². The summed E-state index contributed by atoms with van der Waals surface area (Å²) in [5.41, 5.74) is 10.3. The van der Waals surface area contributed by atoms with Crippen molar-refractivity contribution in [3.05, 3.63) is 81.5 Å². The van der Waals surface area contributed by atoms with Crippen molar-refractivity contribution in [2.75, 3.05) is 19.8 Å². The quantitative estimate of drug-likeness (QED) is 0.109. The van der Waals surface area contributed by atoms with Gasteiger partial charge in [-0.1, -0.05) is 81.5 Å². The van der Waals surface area contributed by atoms with E-state index in [-0.39, 0.29) is 12.9 Å². The number of hydrogen-bond donors (Lipinski definition) is 1. The molecule has 1 aliphatic rings. The van der Waals surface area contributed by atoms with E-state index in [1.54, 1.807) is 0 Å². The second kappa shape index (κ2) is 27.2. The molecule has 1 unspecified atom stereocenters. The third-order valence-corrected chi connectivity index (χ3v) is 8.77. The Morgan fingerprint density at radius 3 is 1.22 bits per heavy atom. The van der Waals surface area contributed by atoms with E-state index in [0.29, 0.717) is 6.61 Å². The lowest BCUT2D eigenvalue weighted by Gasteiger charge is -2.22. The fraction of sp³-hybridized carbons (Fsp3) is 0.667. The second-order valence-electron chi connectivity index (χ2n) is 13.5. The van der Waals surface area contributed by atoms with Gasteiger partial charge in [0.05, 0.1) is 6.61 Å². The number of allylic oxidation sites excluding steroid dienone is 13. The average molecular weight is 623 g/mol. The molecular weight excluding hydrogens is 552 g/mol. The standard InChI is InChI=1S/C42H70O3/c1-35(17-10-19-36(2)21-12-23-38(4)25-14-27-40(6)29-16-32-43)18-11-20-37(3)22-13-24-39(5)26-15-28-41(7)31-34-45-42-30-8-9-33-44-42/h18-19,22-23,26-27,31,42-43H,8-17,20-21,24-25,28-30,32-34H2,1-7H3/b35-18+,36-19+,37-22+,38-23+,39-26+,40-27+,41-31+. The fourth-order valence-electron chi connectivity index (χ4n) is 5.49. The van der Waals surface area contributed by atoms with E-state index in [9.17, 15) is 0 Å². The summed E-state index contributed by atoms with van der Waals surface area (Å²) in [4.78, 5) is 0. The summed E-state index contributed by atoms with van der Waals surface area (Å²) < 4.78 is 11.5. The first-order chi connectivity index (χ1) is 21.7. The predicted molar refractivity (Wildman–Crippen MR) is 198 cm³/mol. The Bertz CT molecular complexity index is 995. The zero-order valence-corrected chi connectivity index (χ0v) is 30.5. The van der Waals surface area contributed by atoms with Crippen molar-refractivity contribution in [1.82, 2.24) is 0 Å². The molecule has 1 aliphatic heterocycles. The van der Waals surface area contributed by atoms with Crippen molar-refractivity contribution < 1.29 is 14.6 Å². The molecule has 3 heteroatoms. The Kier molecular flexibility index (Phi) is 24.8. The minimum Gasteiger partial charge on any atom is -0.396 e. The Labute approximate surface area is 279 Å². The molecule has 1 fully saturated rings. The minimum absolute atomic E-state index is 0.00378. The van der Waals surface area contributed by atoms with Crippen molar-refractivity contribution in [2.24, 2.45) is 0 Å². The molecular formula is C42H70O3. The molecule has 0 amide bonds. The van der Waals surface area contributed by atoms with E-state index < -0.39 is 0 Å². The summed E-state index contributed by atoms with van der Waals surface area (Å²) in [7, 11) is 0. The van der Waals surface area contributed by atoms with Gasteiger partial charge in [-0.05, 0) is 158 Å². The van der Waals surface area contributed by atoms with Gasteiger partial charge in [0.25, 0.3) is 0 Å². The van der Waals surface area contributed by atoms with Crippen molar-refractivity contribution in [3.8, 4) is 0 Å². The van der Waals surface area contributed by atoms with Gasteiger partial charge in [0.2, 0.25) is 0 Å². The first kappa shape index (κ1) is 41.1. The van der Waals surface area contributed by atoms with Gasteiger partial charge in [-0.2, -0.15) is 0 Å². The largest absolute Gasteiger partial charge is 0.396 e. The number of aliphatic hydroxyl groups excluding tert-OH is 1. The van der Waals surface area contributed by atoms with Gasteiger partial charge in [0.15, 0.2) is 6.29 Å². The van der Waals surface area contributed by atoms with E-state index in [1.165, 1.54) is 51.9 Å². The molecule has 1 atom stereocenters. The van der Waals surface area contributed by atoms with Gasteiger partial charge in [-0.25, -0.2) is 0 Å². The highest BCUT2D eigenvalue weighted by Gasteiger charge is 2.12. The maximum Gasteiger partial charge on any atom is 0.157 e. The first-order valence-corrected chi connectivity index (χ1v) is 18.1. The zero-order chi connectivity index (χ0) is 33.1. The first-order valence-electron chi connectivity index (χ1n) is 18.1. The van der Waals surface area contributed by atoms with E-state index in [2.05, 4.69) is 91.0 Å². The average Bonchev–Trinajstić information content (AvgIpc) is 3.00. The van der Waals surface area contributed by atoms with Gasteiger partial charge in [0.1, 0.15) is 0 Å². The lowest BCUT2D eigenvalue weighted by Crippen LogP contribution is -2.22. The molecule has 0 saturated carbocycles. The molecule has 45 heavy (non-hydrogen) atoms. The predicted octanol–water partition coefficient (Wildman–Crippen LogP) is 12.6. The Balaban J connectivity index is 2.18. The molecule has 0 spiro atoms. The van der Waals surface area contributed by atoms with Gasteiger partial charge >= 0.3 is 0 Å². The Hall–Kier alpha value is -1.94. The zero-order valence-electron chi connectivity index (χ0n) is 30.5. The third kappa shape index (κ3) is 24.9. The van der Waals surface area contributed by atoms with Crippen LogP contribution in [0, 0.1) is 0 Å². The molecule has 0 aromatic carbocycles. The van der Waals surface area contributed by atoms with Crippen molar-refractivity contribution in [3.63, 3.8) is 0 Å². The van der Waals surface area contributed by atoms with Gasteiger partial charge < -0.3 is 14.6 Å². The summed E-state index contributed by atoms with van der Waals surface area (Å²) in [6, 6.07) is 0. The lowest BCUT2D eigenvalue weighted by atomic mass is 10.0. The van der Waals surface area contributed by atoms with Crippen LogP contribution in [0.2, 0.25) is 0 Å². The summed E-state index contributed by atoms with van der Waals surface area (Å²) in [6.07, 6.45) is 35.7. The summed E-state index contributed by atoms with van der Waals surface area (Å²) in [5.74, 6) is 0. The van der Waals surface area contributed by atoms with E-state index in [4.69, 9.17) is 14.6 Å². The normalized spacial score (nSPS) is 18.2. The van der Waals surface area contributed by atoms with Crippen LogP contribution in [-0.4, -0.2) is 31.2 Å². The number of ether oxygens (including phenoxy) is 2. The maximum absolute atomic E-state index is 8.95. The second-order valence-corrected chi connectivity index (χ2v) is 13.5. The van der Waals surface area contributed by atoms with Gasteiger partial charge in [0, 0.05) is 13.2 Å². The molecule has 0 aromatic rings. The lowest BCUT2D eigenvalue weighted by molar-refractivity contribution is -0.155. The van der Waals surface area contributed by atoms with Crippen LogP contribution in [-0.2, 0) is 9.47 Å². The highest BCUT2D eigenvalue weighted by atomic mass is 16.7. The minimum atomic E-state index is 0.00378. The molecule has 256 valence electrons. The van der Waals surface area contributed by atoms with Crippen LogP contribution in [0.25, 0.3) is 0 Å². The molecule has 1 saturated heterocycles. The third-order valence-electron chi connectivity index (χ3n) is 8.77. The van der Waals surface area contributed by atoms with E-state index in [1.807, 2.05) is 0 Å². The molecule has 3 nitrogen and oxygen atoms in total. The summed E-state index contributed by atoms with van der Waals surface area (Å²) in [5, 5.41) is 8.95. The van der Waals surface area contributed by atoms with Crippen LogP contribution < -0.4 is 0 Å². The molecule has 0 aliphatic carbocycles. The van der Waals surface area contributed by atoms with Crippen LogP contribution in [0.5, 0.6) is 0 Å². The molecule has 1 rings (SSSR count). The van der Waals surface area contributed by atoms with Crippen LogP contribution in [0.15, 0.2) is 81.5 Å². The number of aliphatic hydroxyl groups is 1. The monoisotopic (exact) mass is 623 g/mol. The van der Waals surface area contributed by atoms with E-state index in [0.717, 1.165) is 103 Å². The number of rotatable bonds is 24. The van der Waals surface area contributed by atoms with Gasteiger partial charge in [-0.15, -0.1) is 0 Å². The van der Waals surface area contributed by atoms with Crippen LogP contribution in [0.3, 0.4) is 0 Å². The number of hydrogen-bond acceptors (Lipinski definition) is 3. The topological polar surface area (TPSA) is 38.7 Å².